The van der Waals surface area contributed by atoms with E-state index in [1.165, 1.54) is 13.0 Å². The van der Waals surface area contributed by atoms with Crippen molar-refractivity contribution in [1.29, 1.82) is 0 Å². The van der Waals surface area contributed by atoms with E-state index < -0.39 is 23.8 Å². The summed E-state index contributed by atoms with van der Waals surface area (Å²) in [5.74, 6) is -3.86. The second-order valence-corrected chi connectivity index (χ2v) is 10.3. The van der Waals surface area contributed by atoms with Gasteiger partial charge in [0.2, 0.25) is 0 Å². The van der Waals surface area contributed by atoms with Gasteiger partial charge in [-0.25, -0.2) is 0 Å². The van der Waals surface area contributed by atoms with E-state index in [1.54, 1.807) is 39.4 Å². The highest BCUT2D eigenvalue weighted by Crippen LogP contribution is 2.48. The Morgan fingerprint density at radius 1 is 0.850 bits per heavy atom. The van der Waals surface area contributed by atoms with Crippen LogP contribution in [-0.4, -0.2) is 28.0 Å². The summed E-state index contributed by atoms with van der Waals surface area (Å²) < 4.78 is 83.6. The summed E-state index contributed by atoms with van der Waals surface area (Å²) in [5.41, 5.74) is 4.83. The molecule has 0 fully saturated rings. The average Bonchev–Trinajstić information content (AvgIpc) is 3.07. The first-order valence-corrected chi connectivity index (χ1v) is 13.2. The summed E-state index contributed by atoms with van der Waals surface area (Å²) in [5, 5.41) is 7.25. The molecule has 40 heavy (non-hydrogen) atoms. The summed E-state index contributed by atoms with van der Waals surface area (Å²) in [6.45, 7) is 10.6. The van der Waals surface area contributed by atoms with Gasteiger partial charge in [-0.05, 0) is 91.6 Å². The molecule has 10 heteroatoms. The van der Waals surface area contributed by atoms with Gasteiger partial charge in [0.25, 0.3) is 5.91 Å². The Labute approximate surface area is 230 Å². The number of nitrogens with zero attached hydrogens (tertiary/aromatic N) is 2. The lowest BCUT2D eigenvalue weighted by Gasteiger charge is -2.27. The van der Waals surface area contributed by atoms with Gasteiger partial charge in [-0.3, -0.25) is 9.48 Å². The molecular formula is C30H35F6N3O. The van der Waals surface area contributed by atoms with Crippen LogP contribution >= 0.6 is 0 Å². The number of aromatic nitrogens is 2. The molecule has 1 heterocycles. The Balaban J connectivity index is 2.16. The van der Waals surface area contributed by atoms with Crippen LogP contribution in [0.3, 0.4) is 0 Å². The number of alkyl halides is 6. The number of amides is 1. The van der Waals surface area contributed by atoms with Crippen LogP contribution in [0.1, 0.15) is 82.2 Å². The summed E-state index contributed by atoms with van der Waals surface area (Å²) in [7, 11) is 1.75. The molecule has 1 amide bonds. The van der Waals surface area contributed by atoms with Gasteiger partial charge in [-0.1, -0.05) is 38.8 Å². The van der Waals surface area contributed by atoms with Gasteiger partial charge in [-0.2, -0.15) is 31.4 Å². The number of hydrogen-bond donors (Lipinski definition) is 1. The van der Waals surface area contributed by atoms with Crippen molar-refractivity contribution in [2.45, 2.75) is 85.5 Å². The van der Waals surface area contributed by atoms with E-state index in [4.69, 9.17) is 0 Å². The van der Waals surface area contributed by atoms with Crippen molar-refractivity contribution in [2.75, 3.05) is 5.32 Å². The zero-order valence-corrected chi connectivity index (χ0v) is 23.8. The fourth-order valence-corrected chi connectivity index (χ4v) is 5.26. The standard InChI is InChI=1S/C30H35F6N3O/c1-8-10-20-14-22(16(3)12-24(20)27(29(31,32)33)30(34,35)36)23-13-17(4)25(15-21(23)11-9-2)37-28(40)26-18(5)38-39(7)19(26)6/h12-15,27H,8-11H2,1-7H3,(H,37,40). The maximum absolute atomic E-state index is 13.7. The molecule has 0 aliphatic rings. The molecule has 0 atom stereocenters. The Bertz CT molecular complexity index is 1390. The minimum atomic E-state index is -5.47. The second kappa shape index (κ2) is 11.7. The molecule has 0 saturated carbocycles. The van der Waals surface area contributed by atoms with E-state index in [-0.39, 0.29) is 17.9 Å². The number of halogens is 6. The Morgan fingerprint density at radius 2 is 1.43 bits per heavy atom. The van der Waals surface area contributed by atoms with Gasteiger partial charge in [0, 0.05) is 18.4 Å². The highest BCUT2D eigenvalue weighted by atomic mass is 19.4. The van der Waals surface area contributed by atoms with Crippen LogP contribution in [0.15, 0.2) is 24.3 Å². The van der Waals surface area contributed by atoms with Crippen LogP contribution in [0.2, 0.25) is 0 Å². The van der Waals surface area contributed by atoms with Crippen LogP contribution in [0.25, 0.3) is 11.1 Å². The Hall–Kier alpha value is -3.30. The lowest BCUT2D eigenvalue weighted by Crippen LogP contribution is -2.35. The molecule has 0 bridgehead atoms. The molecule has 1 aromatic heterocycles. The summed E-state index contributed by atoms with van der Waals surface area (Å²) >= 11 is 0. The van der Waals surface area contributed by atoms with Crippen molar-refractivity contribution in [2.24, 2.45) is 7.05 Å². The Morgan fingerprint density at radius 3 is 1.93 bits per heavy atom. The van der Waals surface area contributed by atoms with Crippen molar-refractivity contribution in [1.82, 2.24) is 9.78 Å². The van der Waals surface area contributed by atoms with Gasteiger partial charge in [0.15, 0.2) is 5.92 Å². The largest absolute Gasteiger partial charge is 0.404 e. The van der Waals surface area contributed by atoms with E-state index in [2.05, 4.69) is 10.4 Å². The first kappa shape index (κ1) is 31.2. The summed E-state index contributed by atoms with van der Waals surface area (Å²) in [6, 6.07) is 6.20. The number of aryl methyl sites for hydroxylation is 6. The molecule has 3 aromatic rings. The van der Waals surface area contributed by atoms with Crippen molar-refractivity contribution in [3.05, 3.63) is 69.0 Å². The fourth-order valence-electron chi connectivity index (χ4n) is 5.26. The molecule has 0 saturated heterocycles. The predicted octanol–water partition coefficient (Wildman–Crippen LogP) is 8.69. The topological polar surface area (TPSA) is 46.9 Å². The van der Waals surface area contributed by atoms with Crippen molar-refractivity contribution >= 4 is 11.6 Å². The minimum absolute atomic E-state index is 0.0303. The smallest absolute Gasteiger partial charge is 0.322 e. The summed E-state index contributed by atoms with van der Waals surface area (Å²) in [4.78, 5) is 13.1. The normalized spacial score (nSPS) is 12.3. The molecule has 1 N–H and O–H groups in total. The zero-order chi connectivity index (χ0) is 30.2. The van der Waals surface area contributed by atoms with Crippen molar-refractivity contribution in [3.63, 3.8) is 0 Å². The van der Waals surface area contributed by atoms with Crippen molar-refractivity contribution < 1.29 is 31.1 Å². The van der Waals surface area contributed by atoms with E-state index in [0.29, 0.717) is 52.2 Å². The average molecular weight is 568 g/mol. The van der Waals surface area contributed by atoms with Gasteiger partial charge < -0.3 is 5.32 Å². The molecule has 0 radical (unpaired) electrons. The van der Waals surface area contributed by atoms with Gasteiger partial charge >= 0.3 is 12.4 Å². The van der Waals surface area contributed by atoms with E-state index in [9.17, 15) is 31.1 Å². The molecule has 218 valence electrons. The number of carbonyl (C=O) groups excluding carboxylic acids is 1. The molecule has 0 aliphatic carbocycles. The quantitative estimate of drug-likeness (QED) is 0.277. The lowest BCUT2D eigenvalue weighted by atomic mass is 9.84. The number of anilines is 1. The number of carbonyl (C=O) groups is 1. The van der Waals surface area contributed by atoms with Crippen LogP contribution in [-0.2, 0) is 19.9 Å². The first-order valence-electron chi connectivity index (χ1n) is 13.2. The first-order chi connectivity index (χ1) is 18.5. The van der Waals surface area contributed by atoms with Crippen LogP contribution in [0, 0.1) is 27.7 Å². The monoisotopic (exact) mass is 567 g/mol. The van der Waals surface area contributed by atoms with E-state index in [0.717, 1.165) is 23.6 Å². The maximum atomic E-state index is 13.7. The molecule has 0 spiro atoms. The number of hydrogen-bond acceptors (Lipinski definition) is 2. The van der Waals surface area contributed by atoms with Crippen molar-refractivity contribution in [3.8, 4) is 11.1 Å². The van der Waals surface area contributed by atoms with Crippen LogP contribution in [0.4, 0.5) is 32.0 Å². The van der Waals surface area contributed by atoms with Crippen LogP contribution < -0.4 is 5.32 Å². The van der Waals surface area contributed by atoms with Gasteiger partial charge in [-0.15, -0.1) is 0 Å². The number of benzene rings is 2. The van der Waals surface area contributed by atoms with Gasteiger partial charge in [0.1, 0.15) is 0 Å². The lowest BCUT2D eigenvalue weighted by molar-refractivity contribution is -0.253. The Kier molecular flexibility index (Phi) is 9.11. The molecule has 2 aromatic carbocycles. The fraction of sp³-hybridized carbons (Fsp3) is 0.467. The van der Waals surface area contributed by atoms with Crippen LogP contribution in [0.5, 0.6) is 0 Å². The highest BCUT2D eigenvalue weighted by Gasteiger charge is 2.58. The molecule has 4 nitrogen and oxygen atoms in total. The third-order valence-corrected chi connectivity index (χ3v) is 7.22. The highest BCUT2D eigenvalue weighted by molar-refractivity contribution is 6.06. The number of rotatable bonds is 8. The zero-order valence-electron chi connectivity index (χ0n) is 23.8. The predicted molar refractivity (Wildman–Crippen MR) is 145 cm³/mol. The van der Waals surface area contributed by atoms with E-state index >= 15 is 0 Å². The SMILES string of the molecule is CCCc1cc(NC(=O)c2c(C)nn(C)c2C)c(C)cc1-c1cc(CCC)c(C(C(F)(F)F)C(F)(F)F)cc1C. The van der Waals surface area contributed by atoms with E-state index in [1.807, 2.05) is 19.1 Å². The molecule has 0 unspecified atom stereocenters. The molecule has 3 rings (SSSR count). The third-order valence-electron chi connectivity index (χ3n) is 7.22. The summed E-state index contributed by atoms with van der Waals surface area (Å²) in [6.07, 6.45) is -9.13. The number of nitrogens with one attached hydrogen (secondary N) is 1. The van der Waals surface area contributed by atoms with Gasteiger partial charge in [0.05, 0.1) is 11.3 Å². The second-order valence-electron chi connectivity index (χ2n) is 10.3. The minimum Gasteiger partial charge on any atom is -0.322 e. The molecule has 0 aliphatic heterocycles. The molecular weight excluding hydrogens is 532 g/mol. The maximum Gasteiger partial charge on any atom is 0.404 e. The third kappa shape index (κ3) is 6.36.